The molecule has 0 atom stereocenters. The van der Waals surface area contributed by atoms with Gasteiger partial charge in [0.05, 0.1) is 0 Å². The smallest absolute Gasteiger partial charge is 0.317 e. The zero-order valence-corrected chi connectivity index (χ0v) is 15.0. The molecule has 0 radical (unpaired) electrons. The van der Waals surface area contributed by atoms with E-state index in [4.69, 9.17) is 23.2 Å². The summed E-state index contributed by atoms with van der Waals surface area (Å²) in [7, 11) is 0. The minimum atomic E-state index is -0.285. The fourth-order valence-corrected chi connectivity index (χ4v) is 3.30. The summed E-state index contributed by atoms with van der Waals surface area (Å²) >= 11 is 12.1. The molecule has 3 rings (SSSR count). The summed E-state index contributed by atoms with van der Waals surface area (Å²) in [6, 6.07) is 11.4. The van der Waals surface area contributed by atoms with Gasteiger partial charge in [-0.2, -0.15) is 0 Å². The lowest BCUT2D eigenvalue weighted by Gasteiger charge is -2.36. The number of nitrogens with one attached hydrogen (secondary N) is 1. The molecule has 0 bridgehead atoms. The molecule has 2 amide bonds. The highest BCUT2D eigenvalue weighted by atomic mass is 35.5. The van der Waals surface area contributed by atoms with E-state index in [0.29, 0.717) is 42.8 Å². The second kappa shape index (κ2) is 7.93. The average Bonchev–Trinajstić information content (AvgIpc) is 2.60. The zero-order chi connectivity index (χ0) is 17.8. The molecule has 1 saturated heterocycles. The van der Waals surface area contributed by atoms with Crippen molar-refractivity contribution in [2.75, 3.05) is 31.1 Å². The number of amides is 2. The number of piperazine rings is 1. The molecule has 4 nitrogen and oxygen atoms in total. The van der Waals surface area contributed by atoms with Crippen LogP contribution in [0.1, 0.15) is 5.56 Å². The minimum Gasteiger partial charge on any atom is -0.368 e. The number of hydrogen-bond acceptors (Lipinski definition) is 2. The first kappa shape index (κ1) is 17.8. The third-order valence-corrected chi connectivity index (χ3v) is 4.57. The van der Waals surface area contributed by atoms with E-state index < -0.39 is 0 Å². The van der Waals surface area contributed by atoms with E-state index in [0.717, 1.165) is 11.3 Å². The molecular formula is C18H18Cl2FN3O. The van der Waals surface area contributed by atoms with Crippen molar-refractivity contribution in [2.24, 2.45) is 0 Å². The molecule has 132 valence electrons. The van der Waals surface area contributed by atoms with Crippen molar-refractivity contribution >= 4 is 34.9 Å². The Morgan fingerprint density at radius 3 is 2.20 bits per heavy atom. The van der Waals surface area contributed by atoms with E-state index in [1.807, 2.05) is 12.1 Å². The lowest BCUT2D eigenvalue weighted by atomic mass is 10.2. The predicted octanol–water partition coefficient (Wildman–Crippen LogP) is 4.16. The SMILES string of the molecule is O=C(NCc1ccc(F)cc1)N1CCN(c2cc(Cl)cc(Cl)c2)CC1. The van der Waals surface area contributed by atoms with Crippen LogP contribution in [0.5, 0.6) is 0 Å². The number of rotatable bonds is 3. The van der Waals surface area contributed by atoms with Crippen LogP contribution in [0.4, 0.5) is 14.9 Å². The van der Waals surface area contributed by atoms with E-state index in [2.05, 4.69) is 10.2 Å². The Balaban J connectivity index is 1.51. The van der Waals surface area contributed by atoms with Crippen LogP contribution in [0.25, 0.3) is 0 Å². The van der Waals surface area contributed by atoms with Crippen LogP contribution >= 0.6 is 23.2 Å². The van der Waals surface area contributed by atoms with E-state index in [-0.39, 0.29) is 11.8 Å². The number of carbonyl (C=O) groups is 1. The molecule has 0 spiro atoms. The van der Waals surface area contributed by atoms with Gasteiger partial charge in [0.1, 0.15) is 5.82 Å². The third kappa shape index (κ3) is 4.77. The summed E-state index contributed by atoms with van der Waals surface area (Å²) in [5.41, 5.74) is 1.82. The van der Waals surface area contributed by atoms with Crippen LogP contribution in [0.15, 0.2) is 42.5 Å². The van der Waals surface area contributed by atoms with Crippen LogP contribution in [-0.2, 0) is 6.54 Å². The van der Waals surface area contributed by atoms with Gasteiger partial charge in [0.2, 0.25) is 0 Å². The number of benzene rings is 2. The van der Waals surface area contributed by atoms with Crippen LogP contribution in [-0.4, -0.2) is 37.1 Å². The second-order valence-corrected chi connectivity index (χ2v) is 6.76. The van der Waals surface area contributed by atoms with Crippen molar-refractivity contribution in [1.82, 2.24) is 10.2 Å². The first-order valence-electron chi connectivity index (χ1n) is 7.99. The number of anilines is 1. The molecule has 1 heterocycles. The van der Waals surface area contributed by atoms with Crippen molar-refractivity contribution in [3.05, 3.63) is 63.9 Å². The van der Waals surface area contributed by atoms with Crippen LogP contribution in [0, 0.1) is 5.82 Å². The highest BCUT2D eigenvalue weighted by Crippen LogP contribution is 2.26. The molecular weight excluding hydrogens is 364 g/mol. The average molecular weight is 382 g/mol. The standard InChI is InChI=1S/C18H18Cl2FN3O/c19-14-9-15(20)11-17(10-14)23-5-7-24(8-6-23)18(25)22-12-13-1-3-16(21)4-2-13/h1-4,9-11H,5-8,12H2,(H,22,25). The molecule has 2 aromatic rings. The van der Waals surface area contributed by atoms with Crippen molar-refractivity contribution in [2.45, 2.75) is 6.54 Å². The van der Waals surface area contributed by atoms with Gasteiger partial charge in [-0.25, -0.2) is 9.18 Å². The van der Waals surface area contributed by atoms with Crippen LogP contribution in [0.2, 0.25) is 10.0 Å². The number of halogens is 3. The Bertz CT molecular complexity index is 726. The summed E-state index contributed by atoms with van der Waals surface area (Å²) in [5, 5.41) is 4.06. The maximum atomic E-state index is 12.9. The molecule has 0 unspecified atom stereocenters. The second-order valence-electron chi connectivity index (χ2n) is 5.89. The van der Waals surface area contributed by atoms with E-state index in [1.165, 1.54) is 12.1 Å². The lowest BCUT2D eigenvalue weighted by Crippen LogP contribution is -2.51. The number of hydrogen-bond donors (Lipinski definition) is 1. The Morgan fingerprint density at radius 1 is 1.00 bits per heavy atom. The van der Waals surface area contributed by atoms with Crippen molar-refractivity contribution in [1.29, 1.82) is 0 Å². The minimum absolute atomic E-state index is 0.117. The maximum absolute atomic E-state index is 12.9. The highest BCUT2D eigenvalue weighted by molar-refractivity contribution is 6.35. The number of urea groups is 1. The maximum Gasteiger partial charge on any atom is 0.317 e. The Morgan fingerprint density at radius 2 is 1.60 bits per heavy atom. The van der Waals surface area contributed by atoms with Gasteiger partial charge < -0.3 is 15.1 Å². The quantitative estimate of drug-likeness (QED) is 0.865. The third-order valence-electron chi connectivity index (χ3n) is 4.14. The van der Waals surface area contributed by atoms with E-state index in [1.54, 1.807) is 23.1 Å². The predicted molar refractivity (Wildman–Crippen MR) is 98.9 cm³/mol. The zero-order valence-electron chi connectivity index (χ0n) is 13.5. The van der Waals surface area contributed by atoms with Crippen molar-refractivity contribution in [3.8, 4) is 0 Å². The molecule has 1 aliphatic heterocycles. The summed E-state index contributed by atoms with van der Waals surface area (Å²) in [6.45, 7) is 3.02. The molecule has 0 aromatic heterocycles. The fraction of sp³-hybridized carbons (Fsp3) is 0.278. The van der Waals surface area contributed by atoms with Gasteiger partial charge in [-0.1, -0.05) is 35.3 Å². The molecule has 7 heteroatoms. The Labute approximate surface area is 156 Å². The fourth-order valence-electron chi connectivity index (χ4n) is 2.78. The Kier molecular flexibility index (Phi) is 5.66. The van der Waals surface area contributed by atoms with Gasteiger partial charge in [0.25, 0.3) is 0 Å². The first-order chi connectivity index (χ1) is 12.0. The van der Waals surface area contributed by atoms with E-state index in [9.17, 15) is 9.18 Å². The van der Waals surface area contributed by atoms with Crippen LogP contribution in [0.3, 0.4) is 0 Å². The molecule has 0 saturated carbocycles. The molecule has 2 aromatic carbocycles. The Hall–Kier alpha value is -1.98. The summed E-state index contributed by atoms with van der Waals surface area (Å²) in [5.74, 6) is -0.285. The van der Waals surface area contributed by atoms with Crippen molar-refractivity contribution in [3.63, 3.8) is 0 Å². The highest BCUT2D eigenvalue weighted by Gasteiger charge is 2.21. The van der Waals surface area contributed by atoms with Gasteiger partial charge in [0.15, 0.2) is 0 Å². The van der Waals surface area contributed by atoms with Gasteiger partial charge >= 0.3 is 6.03 Å². The number of carbonyl (C=O) groups excluding carboxylic acids is 1. The molecule has 1 aliphatic rings. The van der Waals surface area contributed by atoms with Crippen molar-refractivity contribution < 1.29 is 9.18 Å². The summed E-state index contributed by atoms with van der Waals surface area (Å²) < 4.78 is 12.9. The van der Waals surface area contributed by atoms with E-state index >= 15 is 0 Å². The van der Waals surface area contributed by atoms with Gasteiger partial charge in [-0.15, -0.1) is 0 Å². The van der Waals surface area contributed by atoms with Crippen LogP contribution < -0.4 is 10.2 Å². The molecule has 0 aliphatic carbocycles. The lowest BCUT2D eigenvalue weighted by molar-refractivity contribution is 0.194. The van der Waals surface area contributed by atoms with Gasteiger partial charge in [-0.05, 0) is 35.9 Å². The molecule has 1 fully saturated rings. The largest absolute Gasteiger partial charge is 0.368 e. The first-order valence-corrected chi connectivity index (χ1v) is 8.75. The number of nitrogens with zero attached hydrogens (tertiary/aromatic N) is 2. The summed E-state index contributed by atoms with van der Waals surface area (Å²) in [6.07, 6.45) is 0. The molecule has 25 heavy (non-hydrogen) atoms. The molecule has 1 N–H and O–H groups in total. The topological polar surface area (TPSA) is 35.6 Å². The normalized spacial score (nSPS) is 14.5. The van der Waals surface area contributed by atoms with Gasteiger partial charge in [-0.3, -0.25) is 0 Å². The van der Waals surface area contributed by atoms with Gasteiger partial charge in [0, 0.05) is 48.5 Å². The summed E-state index contributed by atoms with van der Waals surface area (Å²) in [4.78, 5) is 16.2. The monoisotopic (exact) mass is 381 g/mol.